The summed E-state index contributed by atoms with van der Waals surface area (Å²) in [5.74, 6) is 0.508. The Hall–Kier alpha value is -1.30. The van der Waals surface area contributed by atoms with Gasteiger partial charge >= 0.3 is 0 Å². The number of halogens is 1. The molecule has 94 valence electrons. The molecule has 1 aliphatic heterocycles. The van der Waals surface area contributed by atoms with Crippen LogP contribution in [0.5, 0.6) is 0 Å². The lowest BCUT2D eigenvalue weighted by atomic mass is 10.2. The quantitative estimate of drug-likeness (QED) is 0.895. The molecule has 1 saturated heterocycles. The highest BCUT2D eigenvalue weighted by atomic mass is 35.5. The van der Waals surface area contributed by atoms with E-state index in [1.807, 2.05) is 18.2 Å². The number of nitrogens with one attached hydrogen (secondary N) is 1. The van der Waals surface area contributed by atoms with Crippen molar-refractivity contribution < 1.29 is 9.90 Å². The third kappa shape index (κ3) is 3.35. The minimum atomic E-state index is -0.160. The van der Waals surface area contributed by atoms with Gasteiger partial charge in [0.2, 0.25) is 0 Å². The molecule has 0 unspecified atom stereocenters. The zero-order valence-corrected chi connectivity index (χ0v) is 11.0. The Labute approximate surface area is 114 Å². The number of amidine groups is 1. The number of aliphatic hydroxyl groups excluding tert-OH is 1. The van der Waals surface area contributed by atoms with Crippen LogP contribution in [0.1, 0.15) is 5.56 Å². The lowest BCUT2D eigenvalue weighted by Gasteiger charge is -1.99. The average molecular weight is 283 g/mol. The molecule has 0 aromatic heterocycles. The van der Waals surface area contributed by atoms with Crippen LogP contribution < -0.4 is 5.32 Å². The van der Waals surface area contributed by atoms with Crippen LogP contribution in [0, 0.1) is 0 Å². The summed E-state index contributed by atoms with van der Waals surface area (Å²) < 4.78 is 0. The number of carbonyl (C=O) groups excluding carboxylic acids is 1. The number of benzene rings is 1. The lowest BCUT2D eigenvalue weighted by molar-refractivity contribution is 0.264. The second-order valence-electron chi connectivity index (χ2n) is 3.53. The monoisotopic (exact) mass is 282 g/mol. The lowest BCUT2D eigenvalue weighted by Crippen LogP contribution is -2.19. The van der Waals surface area contributed by atoms with Crippen molar-refractivity contribution in [2.24, 2.45) is 4.99 Å². The van der Waals surface area contributed by atoms with Crippen LogP contribution in [0.2, 0.25) is 5.02 Å². The Morgan fingerprint density at radius 1 is 1.39 bits per heavy atom. The highest BCUT2D eigenvalue weighted by Gasteiger charge is 2.22. The molecule has 1 aromatic rings. The normalized spacial score (nSPS) is 19.6. The minimum Gasteiger partial charge on any atom is -0.394 e. The van der Waals surface area contributed by atoms with Crippen molar-refractivity contribution in [2.45, 2.75) is 0 Å². The van der Waals surface area contributed by atoms with E-state index in [4.69, 9.17) is 16.7 Å². The second kappa shape index (κ2) is 6.04. The number of rotatable bonds is 3. The zero-order chi connectivity index (χ0) is 13.0. The van der Waals surface area contributed by atoms with Gasteiger partial charge in [-0.3, -0.25) is 9.79 Å². The molecule has 0 radical (unpaired) electrons. The molecular formula is C12H11ClN2O2S. The van der Waals surface area contributed by atoms with Crippen LogP contribution in [0.3, 0.4) is 0 Å². The predicted molar refractivity (Wildman–Crippen MR) is 74.9 cm³/mol. The Balaban J connectivity index is 2.24. The predicted octanol–water partition coefficient (Wildman–Crippen LogP) is 2.53. The van der Waals surface area contributed by atoms with Crippen molar-refractivity contribution in [3.8, 4) is 0 Å². The molecule has 2 N–H and O–H groups in total. The van der Waals surface area contributed by atoms with Gasteiger partial charge in [-0.05, 0) is 35.5 Å². The maximum Gasteiger partial charge on any atom is 0.289 e. The van der Waals surface area contributed by atoms with Crippen molar-refractivity contribution >= 4 is 40.5 Å². The van der Waals surface area contributed by atoms with E-state index in [2.05, 4.69) is 10.3 Å². The molecule has 1 amide bonds. The summed E-state index contributed by atoms with van der Waals surface area (Å²) in [6.07, 6.45) is 1.86. The fourth-order valence-corrected chi connectivity index (χ4v) is 2.30. The van der Waals surface area contributed by atoms with Crippen molar-refractivity contribution in [3.05, 3.63) is 39.8 Å². The number of aliphatic imine (C=N–C) groups is 1. The maximum atomic E-state index is 11.3. The Morgan fingerprint density at radius 2 is 2.11 bits per heavy atom. The van der Waals surface area contributed by atoms with Gasteiger partial charge in [-0.1, -0.05) is 23.7 Å². The molecule has 0 saturated carbocycles. The summed E-state index contributed by atoms with van der Waals surface area (Å²) in [6.45, 7) is 0.229. The standard InChI is InChI=1S/C12H11ClN2O2S/c13-9-3-1-8(2-4-9)7-10-11(14-5-6-16)15-12(17)18-10/h1-4,7,16H,5-6H2,(H,14,15,17)/b10-7+. The van der Waals surface area contributed by atoms with Crippen LogP contribution in [0.4, 0.5) is 4.79 Å². The van der Waals surface area contributed by atoms with Crippen molar-refractivity contribution in [1.29, 1.82) is 0 Å². The van der Waals surface area contributed by atoms with E-state index in [0.717, 1.165) is 22.2 Å². The van der Waals surface area contributed by atoms with Crippen LogP contribution >= 0.6 is 23.4 Å². The second-order valence-corrected chi connectivity index (χ2v) is 4.98. The SMILES string of the molecule is O=C1NC(=NCCO)/C(=C\c2ccc(Cl)cc2)S1. The summed E-state index contributed by atoms with van der Waals surface area (Å²) in [4.78, 5) is 16.2. The van der Waals surface area contributed by atoms with Gasteiger partial charge in [0.25, 0.3) is 5.24 Å². The number of carbonyl (C=O) groups is 1. The van der Waals surface area contributed by atoms with E-state index in [0.29, 0.717) is 10.9 Å². The number of amides is 1. The van der Waals surface area contributed by atoms with Gasteiger partial charge in [-0.2, -0.15) is 0 Å². The smallest absolute Gasteiger partial charge is 0.289 e. The molecule has 4 nitrogen and oxygen atoms in total. The van der Waals surface area contributed by atoms with Gasteiger partial charge in [0, 0.05) is 5.02 Å². The number of aliphatic hydroxyl groups is 1. The first-order valence-electron chi connectivity index (χ1n) is 5.31. The van der Waals surface area contributed by atoms with Gasteiger partial charge in [0.15, 0.2) is 0 Å². The fourth-order valence-electron chi connectivity index (χ4n) is 1.42. The highest BCUT2D eigenvalue weighted by molar-refractivity contribution is 8.18. The largest absolute Gasteiger partial charge is 0.394 e. The van der Waals surface area contributed by atoms with E-state index in [-0.39, 0.29) is 18.4 Å². The number of thioether (sulfide) groups is 1. The molecule has 6 heteroatoms. The first-order chi connectivity index (χ1) is 8.69. The molecule has 1 heterocycles. The van der Waals surface area contributed by atoms with Gasteiger partial charge in [-0.25, -0.2) is 0 Å². The van der Waals surface area contributed by atoms with Crippen LogP contribution in [-0.2, 0) is 0 Å². The van der Waals surface area contributed by atoms with Crippen molar-refractivity contribution in [2.75, 3.05) is 13.2 Å². The first-order valence-corrected chi connectivity index (χ1v) is 6.50. The molecule has 1 fully saturated rings. The van der Waals surface area contributed by atoms with E-state index >= 15 is 0 Å². The van der Waals surface area contributed by atoms with E-state index in [9.17, 15) is 4.79 Å². The van der Waals surface area contributed by atoms with Crippen LogP contribution in [-0.4, -0.2) is 29.3 Å². The zero-order valence-electron chi connectivity index (χ0n) is 9.39. The fraction of sp³-hybridized carbons (Fsp3) is 0.167. The van der Waals surface area contributed by atoms with Gasteiger partial charge in [-0.15, -0.1) is 0 Å². The molecular weight excluding hydrogens is 272 g/mol. The minimum absolute atomic E-state index is 0.0434. The highest BCUT2D eigenvalue weighted by Crippen LogP contribution is 2.26. The Kier molecular flexibility index (Phi) is 4.41. The van der Waals surface area contributed by atoms with E-state index in [1.54, 1.807) is 12.1 Å². The Bertz CT molecular complexity index is 511. The summed E-state index contributed by atoms with van der Waals surface area (Å²) >= 11 is 6.89. The topological polar surface area (TPSA) is 61.7 Å². The number of hydrogen-bond donors (Lipinski definition) is 2. The maximum absolute atomic E-state index is 11.3. The molecule has 0 aliphatic carbocycles. The van der Waals surface area contributed by atoms with Crippen LogP contribution in [0.25, 0.3) is 6.08 Å². The molecule has 18 heavy (non-hydrogen) atoms. The van der Waals surface area contributed by atoms with Crippen molar-refractivity contribution in [1.82, 2.24) is 5.32 Å². The molecule has 0 bridgehead atoms. The third-order valence-corrected chi connectivity index (χ3v) is 3.26. The summed E-state index contributed by atoms with van der Waals surface area (Å²) in [5.41, 5.74) is 0.940. The molecule has 1 aliphatic rings. The summed E-state index contributed by atoms with van der Waals surface area (Å²) in [7, 11) is 0. The first kappa shape index (κ1) is 13.1. The van der Waals surface area contributed by atoms with Gasteiger partial charge < -0.3 is 10.4 Å². The Morgan fingerprint density at radius 3 is 2.78 bits per heavy atom. The summed E-state index contributed by atoms with van der Waals surface area (Å²) in [6, 6.07) is 7.30. The van der Waals surface area contributed by atoms with Gasteiger partial charge in [0.1, 0.15) is 5.84 Å². The van der Waals surface area contributed by atoms with Gasteiger partial charge in [0.05, 0.1) is 18.1 Å². The average Bonchev–Trinajstić information content (AvgIpc) is 2.70. The van der Waals surface area contributed by atoms with E-state index < -0.39 is 0 Å². The van der Waals surface area contributed by atoms with E-state index in [1.165, 1.54) is 0 Å². The molecule has 0 atom stereocenters. The molecule has 2 rings (SSSR count). The van der Waals surface area contributed by atoms with Crippen LogP contribution in [0.15, 0.2) is 34.2 Å². The molecule has 0 spiro atoms. The third-order valence-electron chi connectivity index (χ3n) is 2.19. The summed E-state index contributed by atoms with van der Waals surface area (Å²) in [5, 5.41) is 11.9. The number of hydrogen-bond acceptors (Lipinski definition) is 4. The van der Waals surface area contributed by atoms with Crippen molar-refractivity contribution in [3.63, 3.8) is 0 Å². The molecule has 1 aromatic carbocycles. The number of nitrogens with zero attached hydrogens (tertiary/aromatic N) is 1.